The zero-order chi connectivity index (χ0) is 15.4. The molecule has 21 heavy (non-hydrogen) atoms. The summed E-state index contributed by atoms with van der Waals surface area (Å²) < 4.78 is 0.817. The molecule has 0 saturated carbocycles. The summed E-state index contributed by atoms with van der Waals surface area (Å²) in [5.41, 5.74) is 1.74. The number of hydrogen-bond donors (Lipinski definition) is 1. The van der Waals surface area contributed by atoms with E-state index in [2.05, 4.69) is 27.0 Å². The molecule has 1 heterocycles. The largest absolute Gasteiger partial charge is 0.480 e. The van der Waals surface area contributed by atoms with Crippen LogP contribution in [0.2, 0.25) is 0 Å². The van der Waals surface area contributed by atoms with Crippen LogP contribution in [0.4, 0.5) is 5.69 Å². The number of para-hydroxylation sites is 1. The Morgan fingerprint density at radius 1 is 1.52 bits per heavy atom. The number of halogens is 1. The van der Waals surface area contributed by atoms with Crippen molar-refractivity contribution in [2.75, 3.05) is 18.0 Å². The lowest BCUT2D eigenvalue weighted by molar-refractivity contribution is -0.135. The molecule has 6 heteroatoms. The van der Waals surface area contributed by atoms with Crippen molar-refractivity contribution in [3.63, 3.8) is 0 Å². The van der Waals surface area contributed by atoms with Gasteiger partial charge >= 0.3 is 5.97 Å². The van der Waals surface area contributed by atoms with Gasteiger partial charge in [0.25, 0.3) is 0 Å². The van der Waals surface area contributed by atoms with E-state index in [4.69, 9.17) is 5.11 Å². The van der Waals surface area contributed by atoms with Gasteiger partial charge in [0, 0.05) is 22.6 Å². The van der Waals surface area contributed by atoms with Gasteiger partial charge in [0.15, 0.2) is 0 Å². The Morgan fingerprint density at radius 2 is 2.29 bits per heavy atom. The molecule has 0 bridgehead atoms. The number of aliphatic carboxylic acids is 1. The fourth-order valence-electron chi connectivity index (χ4n) is 2.30. The third-order valence-corrected chi connectivity index (χ3v) is 3.72. The summed E-state index contributed by atoms with van der Waals surface area (Å²) >= 11 is 3.44. The molecule has 0 unspecified atom stereocenters. The molecular weight excluding hydrogens is 334 g/mol. The molecule has 0 spiro atoms. The van der Waals surface area contributed by atoms with E-state index >= 15 is 0 Å². The number of anilines is 1. The van der Waals surface area contributed by atoms with E-state index in [9.17, 15) is 10.1 Å². The molecule has 0 amide bonds. The van der Waals surface area contributed by atoms with E-state index < -0.39 is 5.97 Å². The van der Waals surface area contributed by atoms with Crippen molar-refractivity contribution in [3.05, 3.63) is 34.4 Å². The van der Waals surface area contributed by atoms with Gasteiger partial charge < -0.3 is 10.0 Å². The quantitative estimate of drug-likeness (QED) is 0.898. The minimum Gasteiger partial charge on any atom is -0.480 e. The predicted octanol–water partition coefficient (Wildman–Crippen LogP) is 3.17. The maximum absolute atomic E-state index is 11.1. The third kappa shape index (κ3) is 3.14. The molecule has 1 aromatic heterocycles. The van der Waals surface area contributed by atoms with Crippen molar-refractivity contribution in [1.82, 2.24) is 4.98 Å². The Hall–Kier alpha value is -2.13. The number of pyridine rings is 1. The van der Waals surface area contributed by atoms with E-state index in [1.807, 2.05) is 25.1 Å². The number of nitrogens with zero attached hydrogens (tertiary/aromatic N) is 3. The fourth-order valence-corrected chi connectivity index (χ4v) is 2.77. The Labute approximate surface area is 130 Å². The smallest absolute Gasteiger partial charge is 0.323 e. The summed E-state index contributed by atoms with van der Waals surface area (Å²) in [4.78, 5) is 17.1. The topological polar surface area (TPSA) is 77.2 Å². The van der Waals surface area contributed by atoms with Crippen LogP contribution in [0.5, 0.6) is 0 Å². The number of aromatic nitrogens is 1. The molecule has 0 aliphatic rings. The van der Waals surface area contributed by atoms with Gasteiger partial charge in [-0.25, -0.2) is 0 Å². The highest BCUT2D eigenvalue weighted by atomic mass is 79.9. The van der Waals surface area contributed by atoms with Gasteiger partial charge in [-0.2, -0.15) is 5.26 Å². The maximum atomic E-state index is 11.1. The monoisotopic (exact) mass is 347 g/mol. The van der Waals surface area contributed by atoms with Gasteiger partial charge in [-0.15, -0.1) is 0 Å². The second-order valence-electron chi connectivity index (χ2n) is 4.58. The van der Waals surface area contributed by atoms with E-state index in [1.54, 1.807) is 4.90 Å². The van der Waals surface area contributed by atoms with Crippen LogP contribution in [-0.4, -0.2) is 29.1 Å². The highest BCUT2D eigenvalue weighted by molar-refractivity contribution is 9.10. The first-order valence-electron chi connectivity index (χ1n) is 6.52. The normalized spacial score (nSPS) is 10.3. The van der Waals surface area contributed by atoms with Gasteiger partial charge in [0.05, 0.1) is 16.8 Å². The maximum Gasteiger partial charge on any atom is 0.323 e. The standard InChI is InChI=1S/C15H14BrN3O2/c1-2-6-19(9-13(20)21)15-10(7-17)8-18-14-11(15)4-3-5-12(14)16/h3-5,8H,2,6,9H2,1H3,(H,20,21). The van der Waals surface area contributed by atoms with Crippen molar-refractivity contribution in [2.24, 2.45) is 0 Å². The fraction of sp³-hybridized carbons (Fsp3) is 0.267. The number of hydrogen-bond acceptors (Lipinski definition) is 4. The lowest BCUT2D eigenvalue weighted by atomic mass is 10.1. The highest BCUT2D eigenvalue weighted by Gasteiger charge is 2.18. The van der Waals surface area contributed by atoms with Crippen LogP contribution >= 0.6 is 15.9 Å². The van der Waals surface area contributed by atoms with Crippen LogP contribution in [0.15, 0.2) is 28.9 Å². The van der Waals surface area contributed by atoms with Crippen LogP contribution in [0.1, 0.15) is 18.9 Å². The van der Waals surface area contributed by atoms with Gasteiger partial charge in [-0.1, -0.05) is 19.1 Å². The summed E-state index contributed by atoms with van der Waals surface area (Å²) in [5, 5.41) is 19.2. The molecule has 1 aromatic carbocycles. The molecule has 0 atom stereocenters. The number of nitriles is 1. The Bertz CT molecular complexity index is 725. The summed E-state index contributed by atoms with van der Waals surface area (Å²) in [5.74, 6) is -0.924. The van der Waals surface area contributed by atoms with Crippen molar-refractivity contribution in [3.8, 4) is 6.07 Å². The Morgan fingerprint density at radius 3 is 2.90 bits per heavy atom. The summed E-state index contributed by atoms with van der Waals surface area (Å²) in [7, 11) is 0. The van der Waals surface area contributed by atoms with Gasteiger partial charge in [-0.05, 0) is 28.4 Å². The second-order valence-corrected chi connectivity index (χ2v) is 5.44. The number of carboxylic acid groups (broad SMARTS) is 1. The molecule has 1 N–H and O–H groups in total. The number of rotatable bonds is 5. The molecule has 2 rings (SSSR count). The molecule has 0 aliphatic carbocycles. The second kappa shape index (κ2) is 6.55. The molecule has 0 fully saturated rings. The molecule has 0 aliphatic heterocycles. The Balaban J connectivity index is 2.71. The SMILES string of the molecule is CCCN(CC(=O)O)c1c(C#N)cnc2c(Br)cccc12. The average molecular weight is 348 g/mol. The first kappa shape index (κ1) is 15.3. The first-order chi connectivity index (χ1) is 10.1. The summed E-state index contributed by atoms with van der Waals surface area (Å²) in [6.07, 6.45) is 2.28. The van der Waals surface area contributed by atoms with Gasteiger partial charge in [0.2, 0.25) is 0 Å². The van der Waals surface area contributed by atoms with E-state index in [0.717, 1.165) is 21.8 Å². The summed E-state index contributed by atoms with van der Waals surface area (Å²) in [6, 6.07) is 7.68. The zero-order valence-corrected chi connectivity index (χ0v) is 13.1. The zero-order valence-electron chi connectivity index (χ0n) is 11.5. The number of carbonyl (C=O) groups is 1. The Kier molecular flexibility index (Phi) is 4.76. The van der Waals surface area contributed by atoms with Crippen LogP contribution in [0, 0.1) is 11.3 Å². The molecular formula is C15H14BrN3O2. The van der Waals surface area contributed by atoms with Crippen molar-refractivity contribution >= 4 is 38.5 Å². The average Bonchev–Trinajstić information content (AvgIpc) is 2.45. The molecule has 2 aromatic rings. The molecule has 0 saturated heterocycles. The minimum absolute atomic E-state index is 0.145. The highest BCUT2D eigenvalue weighted by Crippen LogP contribution is 2.32. The van der Waals surface area contributed by atoms with Crippen molar-refractivity contribution in [2.45, 2.75) is 13.3 Å². The van der Waals surface area contributed by atoms with Crippen LogP contribution in [0.25, 0.3) is 10.9 Å². The summed E-state index contributed by atoms with van der Waals surface area (Å²) in [6.45, 7) is 2.39. The number of carboxylic acids is 1. The third-order valence-electron chi connectivity index (χ3n) is 3.08. The van der Waals surface area contributed by atoms with E-state index in [-0.39, 0.29) is 6.54 Å². The lowest BCUT2D eigenvalue weighted by Crippen LogP contribution is -2.31. The predicted molar refractivity (Wildman–Crippen MR) is 84.3 cm³/mol. The van der Waals surface area contributed by atoms with Crippen LogP contribution < -0.4 is 4.90 Å². The van der Waals surface area contributed by atoms with Crippen LogP contribution in [0.3, 0.4) is 0 Å². The minimum atomic E-state index is -0.924. The molecule has 108 valence electrons. The molecule has 5 nitrogen and oxygen atoms in total. The first-order valence-corrected chi connectivity index (χ1v) is 7.31. The number of benzene rings is 1. The van der Waals surface area contributed by atoms with Crippen LogP contribution in [-0.2, 0) is 4.79 Å². The lowest BCUT2D eigenvalue weighted by Gasteiger charge is -2.24. The van der Waals surface area contributed by atoms with E-state index in [0.29, 0.717) is 17.8 Å². The number of fused-ring (bicyclic) bond motifs is 1. The van der Waals surface area contributed by atoms with Gasteiger partial charge in [0.1, 0.15) is 12.6 Å². The molecule has 0 radical (unpaired) electrons. The van der Waals surface area contributed by atoms with Crippen molar-refractivity contribution in [1.29, 1.82) is 5.26 Å². The van der Waals surface area contributed by atoms with E-state index in [1.165, 1.54) is 6.20 Å². The van der Waals surface area contributed by atoms with Gasteiger partial charge in [-0.3, -0.25) is 9.78 Å². The van der Waals surface area contributed by atoms with Crippen molar-refractivity contribution < 1.29 is 9.90 Å².